The van der Waals surface area contributed by atoms with Crippen LogP contribution in [0.2, 0.25) is 0 Å². The van der Waals surface area contributed by atoms with Crippen LogP contribution in [0.25, 0.3) is 10.8 Å². The summed E-state index contributed by atoms with van der Waals surface area (Å²) in [5, 5.41) is 7.90. The number of halogens is 3. The first-order valence-electron chi connectivity index (χ1n) is 7.21. The summed E-state index contributed by atoms with van der Waals surface area (Å²) >= 11 is 0. The van der Waals surface area contributed by atoms with Crippen LogP contribution < -0.4 is 5.32 Å². The van der Waals surface area contributed by atoms with Gasteiger partial charge in [0.2, 0.25) is 0 Å². The molecular weight excluding hydrogens is 319 g/mol. The maximum Gasteiger partial charge on any atom is 0.435 e. The third kappa shape index (κ3) is 3.24. The molecule has 3 aromatic rings. The highest BCUT2D eigenvalue weighted by Crippen LogP contribution is 2.30. The summed E-state index contributed by atoms with van der Waals surface area (Å²) in [4.78, 5) is 12.1. The minimum Gasteiger partial charge on any atom is -0.348 e. The van der Waals surface area contributed by atoms with Crippen molar-refractivity contribution in [1.82, 2.24) is 15.1 Å². The predicted molar refractivity (Wildman–Crippen MR) is 83.3 cm³/mol. The first-order chi connectivity index (χ1) is 11.3. The van der Waals surface area contributed by atoms with Crippen molar-refractivity contribution in [3.05, 3.63) is 65.5 Å². The fourth-order valence-electron chi connectivity index (χ4n) is 2.49. The lowest BCUT2D eigenvalue weighted by atomic mass is 10.1. The molecule has 0 unspecified atom stereocenters. The van der Waals surface area contributed by atoms with Gasteiger partial charge < -0.3 is 5.32 Å². The van der Waals surface area contributed by atoms with Crippen LogP contribution in [0.3, 0.4) is 0 Å². The van der Waals surface area contributed by atoms with E-state index in [4.69, 9.17) is 0 Å². The zero-order valence-corrected chi connectivity index (χ0v) is 12.8. The number of fused-ring (bicyclic) bond motifs is 1. The number of hydrogen-bond donors (Lipinski definition) is 1. The lowest BCUT2D eigenvalue weighted by Crippen LogP contribution is -2.25. The van der Waals surface area contributed by atoms with Crippen LogP contribution in [0.4, 0.5) is 13.2 Å². The fraction of sp³-hybridized carbons (Fsp3) is 0.176. The van der Waals surface area contributed by atoms with Gasteiger partial charge >= 0.3 is 6.18 Å². The topological polar surface area (TPSA) is 46.9 Å². The van der Waals surface area contributed by atoms with Crippen molar-refractivity contribution in [3.8, 4) is 0 Å². The Bertz CT molecular complexity index is 899. The highest BCUT2D eigenvalue weighted by molar-refractivity contribution is 5.95. The zero-order valence-electron chi connectivity index (χ0n) is 12.8. The molecule has 1 aromatic heterocycles. The summed E-state index contributed by atoms with van der Waals surface area (Å²) in [5.74, 6) is -0.802. The molecule has 1 N–H and O–H groups in total. The monoisotopic (exact) mass is 333 g/mol. The largest absolute Gasteiger partial charge is 0.435 e. The fourth-order valence-corrected chi connectivity index (χ4v) is 2.49. The Morgan fingerprint density at radius 3 is 2.58 bits per heavy atom. The number of nitrogens with zero attached hydrogens (tertiary/aromatic N) is 2. The number of carbonyl (C=O) groups excluding carboxylic acids is 1. The number of hydrogen-bond acceptors (Lipinski definition) is 2. The van der Waals surface area contributed by atoms with E-state index < -0.39 is 23.3 Å². The molecule has 24 heavy (non-hydrogen) atoms. The minimum atomic E-state index is -4.67. The first kappa shape index (κ1) is 16.0. The van der Waals surface area contributed by atoms with E-state index in [0.717, 1.165) is 27.2 Å². The maximum absolute atomic E-state index is 12.9. The summed E-state index contributed by atoms with van der Waals surface area (Å²) in [6.07, 6.45) is -3.60. The summed E-state index contributed by atoms with van der Waals surface area (Å²) in [5.41, 5.74) is -0.855. The van der Waals surface area contributed by atoms with Gasteiger partial charge in [-0.15, -0.1) is 0 Å². The number of aryl methyl sites for hydroxylation is 1. The van der Waals surface area contributed by atoms with E-state index in [0.29, 0.717) is 0 Å². The van der Waals surface area contributed by atoms with Crippen LogP contribution in [0.5, 0.6) is 0 Å². The SMILES string of the molecule is Cn1cc(C(=O)NCc2ccc3ccccc3c2)c(C(F)(F)F)n1. The Morgan fingerprint density at radius 1 is 1.17 bits per heavy atom. The minimum absolute atomic E-state index is 0.135. The summed E-state index contributed by atoms with van der Waals surface area (Å²) in [6.45, 7) is 0.135. The second kappa shape index (κ2) is 5.99. The summed E-state index contributed by atoms with van der Waals surface area (Å²) in [7, 11) is 1.34. The van der Waals surface area contributed by atoms with Crippen molar-refractivity contribution in [1.29, 1.82) is 0 Å². The van der Waals surface area contributed by atoms with Gasteiger partial charge in [0, 0.05) is 19.8 Å². The van der Waals surface area contributed by atoms with Crippen LogP contribution in [0, 0.1) is 0 Å². The lowest BCUT2D eigenvalue weighted by molar-refractivity contribution is -0.141. The molecule has 124 valence electrons. The van der Waals surface area contributed by atoms with E-state index in [9.17, 15) is 18.0 Å². The van der Waals surface area contributed by atoms with Gasteiger partial charge in [-0.1, -0.05) is 36.4 Å². The smallest absolute Gasteiger partial charge is 0.348 e. The Morgan fingerprint density at radius 2 is 1.88 bits per heavy atom. The second-order valence-electron chi connectivity index (χ2n) is 5.43. The molecule has 2 aromatic carbocycles. The van der Waals surface area contributed by atoms with Crippen molar-refractivity contribution < 1.29 is 18.0 Å². The van der Waals surface area contributed by atoms with E-state index in [1.54, 1.807) is 0 Å². The molecule has 0 atom stereocenters. The highest BCUT2D eigenvalue weighted by atomic mass is 19.4. The molecule has 0 saturated carbocycles. The van der Waals surface area contributed by atoms with Gasteiger partial charge in [0.1, 0.15) is 0 Å². The molecule has 0 spiro atoms. The summed E-state index contributed by atoms with van der Waals surface area (Å²) in [6, 6.07) is 13.3. The van der Waals surface area contributed by atoms with Crippen molar-refractivity contribution in [2.24, 2.45) is 7.05 Å². The van der Waals surface area contributed by atoms with Crippen LogP contribution >= 0.6 is 0 Å². The maximum atomic E-state index is 12.9. The van der Waals surface area contributed by atoms with E-state index in [2.05, 4.69) is 10.4 Å². The Kier molecular flexibility index (Phi) is 4.01. The van der Waals surface area contributed by atoms with Crippen LogP contribution in [0.15, 0.2) is 48.7 Å². The summed E-state index contributed by atoms with van der Waals surface area (Å²) < 4.78 is 39.7. The van der Waals surface area contributed by atoms with Gasteiger partial charge in [0.15, 0.2) is 5.69 Å². The number of rotatable bonds is 3. The van der Waals surface area contributed by atoms with Crippen molar-refractivity contribution in [2.75, 3.05) is 0 Å². The molecule has 3 rings (SSSR count). The number of benzene rings is 2. The molecule has 7 heteroatoms. The standard InChI is InChI=1S/C17H14F3N3O/c1-23-10-14(15(22-23)17(18,19)20)16(24)21-9-11-6-7-12-4-2-3-5-13(12)8-11/h2-8,10H,9H2,1H3,(H,21,24). The normalized spacial score (nSPS) is 11.7. The van der Waals surface area contributed by atoms with Gasteiger partial charge in [0.05, 0.1) is 5.56 Å². The number of nitrogens with one attached hydrogen (secondary N) is 1. The average Bonchev–Trinajstić information content (AvgIpc) is 2.95. The van der Waals surface area contributed by atoms with Gasteiger partial charge in [-0.3, -0.25) is 9.48 Å². The predicted octanol–water partition coefficient (Wildman–Crippen LogP) is 3.52. The van der Waals surface area contributed by atoms with Gasteiger partial charge in [-0.2, -0.15) is 18.3 Å². The number of carbonyl (C=O) groups is 1. The highest BCUT2D eigenvalue weighted by Gasteiger charge is 2.38. The van der Waals surface area contributed by atoms with E-state index in [-0.39, 0.29) is 6.54 Å². The van der Waals surface area contributed by atoms with Crippen molar-refractivity contribution in [2.45, 2.75) is 12.7 Å². The van der Waals surface area contributed by atoms with Crippen molar-refractivity contribution >= 4 is 16.7 Å². The molecule has 0 aliphatic carbocycles. The molecule has 0 saturated heterocycles. The van der Waals surface area contributed by atoms with Crippen LogP contribution in [-0.2, 0) is 19.8 Å². The van der Waals surface area contributed by atoms with E-state index >= 15 is 0 Å². The quantitative estimate of drug-likeness (QED) is 0.797. The molecule has 0 fully saturated rings. The van der Waals surface area contributed by atoms with Gasteiger partial charge in [0.25, 0.3) is 5.91 Å². The van der Waals surface area contributed by atoms with E-state index in [1.807, 2.05) is 42.5 Å². The molecular formula is C17H14F3N3O. The number of amides is 1. The Labute approximate surface area is 135 Å². The number of aromatic nitrogens is 2. The molecule has 0 aliphatic heterocycles. The third-order valence-electron chi connectivity index (χ3n) is 3.61. The molecule has 1 heterocycles. The van der Waals surface area contributed by atoms with Gasteiger partial charge in [-0.25, -0.2) is 0 Å². The first-order valence-corrected chi connectivity index (χ1v) is 7.21. The van der Waals surface area contributed by atoms with Gasteiger partial charge in [-0.05, 0) is 22.4 Å². The molecule has 0 radical (unpaired) electrons. The Hall–Kier alpha value is -2.83. The molecule has 0 bridgehead atoms. The second-order valence-corrected chi connectivity index (χ2v) is 5.43. The Balaban J connectivity index is 1.78. The molecule has 0 aliphatic rings. The molecule has 4 nitrogen and oxygen atoms in total. The average molecular weight is 333 g/mol. The van der Waals surface area contributed by atoms with Crippen LogP contribution in [-0.4, -0.2) is 15.7 Å². The van der Waals surface area contributed by atoms with E-state index in [1.165, 1.54) is 7.05 Å². The lowest BCUT2D eigenvalue weighted by Gasteiger charge is -2.08. The third-order valence-corrected chi connectivity index (χ3v) is 3.61. The number of alkyl halides is 3. The van der Waals surface area contributed by atoms with Crippen molar-refractivity contribution in [3.63, 3.8) is 0 Å². The zero-order chi connectivity index (χ0) is 17.3. The molecule has 1 amide bonds. The van der Waals surface area contributed by atoms with Crippen LogP contribution in [0.1, 0.15) is 21.6 Å².